The summed E-state index contributed by atoms with van der Waals surface area (Å²) < 4.78 is 45.3. The minimum absolute atomic E-state index is 0.118. The molecule has 0 unspecified atom stereocenters. The van der Waals surface area contributed by atoms with Crippen molar-refractivity contribution >= 4 is 0 Å². The van der Waals surface area contributed by atoms with Gasteiger partial charge in [0.1, 0.15) is 0 Å². The SMILES string of the molecule is [2H]c1nc(-c2ccccc2)c([2H])c(C([2H])([2H])[2H])c1[2H]. The summed E-state index contributed by atoms with van der Waals surface area (Å²) in [4.78, 5) is 3.86. The van der Waals surface area contributed by atoms with Gasteiger partial charge >= 0.3 is 0 Å². The van der Waals surface area contributed by atoms with Gasteiger partial charge < -0.3 is 0 Å². The van der Waals surface area contributed by atoms with Crippen LogP contribution in [0.15, 0.2) is 48.6 Å². The third kappa shape index (κ3) is 1.75. The minimum atomic E-state index is -2.60. The van der Waals surface area contributed by atoms with Crippen molar-refractivity contribution in [1.82, 2.24) is 4.98 Å². The summed E-state index contributed by atoms with van der Waals surface area (Å²) >= 11 is 0. The Morgan fingerprint density at radius 2 is 2.15 bits per heavy atom. The van der Waals surface area contributed by atoms with Gasteiger partial charge in [-0.15, -0.1) is 0 Å². The first-order valence-electron chi connectivity index (χ1n) is 6.86. The topological polar surface area (TPSA) is 12.9 Å². The van der Waals surface area contributed by atoms with Crippen molar-refractivity contribution in [1.29, 1.82) is 0 Å². The van der Waals surface area contributed by atoms with Gasteiger partial charge in [0.2, 0.25) is 0 Å². The van der Waals surface area contributed by atoms with E-state index in [1.807, 2.05) is 0 Å². The Labute approximate surface area is 86.5 Å². The zero-order chi connectivity index (χ0) is 14.2. The Bertz CT molecular complexity index is 606. The molecule has 1 aromatic heterocycles. The third-order valence-electron chi connectivity index (χ3n) is 1.64. The van der Waals surface area contributed by atoms with Gasteiger partial charge in [0.25, 0.3) is 0 Å². The highest BCUT2D eigenvalue weighted by Crippen LogP contribution is 2.16. The molecule has 0 spiro atoms. The summed E-state index contributed by atoms with van der Waals surface area (Å²) in [6, 6.07) is 7.82. The summed E-state index contributed by atoms with van der Waals surface area (Å²) in [6.07, 6.45) is -0.430. The van der Waals surface area contributed by atoms with Crippen LogP contribution in [0.4, 0.5) is 0 Å². The van der Waals surface area contributed by atoms with Crippen LogP contribution < -0.4 is 0 Å². The summed E-state index contributed by atoms with van der Waals surface area (Å²) in [5, 5.41) is 0. The van der Waals surface area contributed by atoms with Crippen molar-refractivity contribution in [2.24, 2.45) is 0 Å². The molecule has 0 saturated heterocycles. The molecule has 0 radical (unpaired) electrons. The average Bonchev–Trinajstić information content (AvgIpc) is 2.33. The molecule has 64 valence electrons. The molecule has 13 heavy (non-hydrogen) atoms. The van der Waals surface area contributed by atoms with Gasteiger partial charge in [0.15, 0.2) is 0 Å². The van der Waals surface area contributed by atoms with Crippen molar-refractivity contribution < 1.29 is 8.22 Å². The van der Waals surface area contributed by atoms with Crippen LogP contribution in [0.3, 0.4) is 0 Å². The molecule has 1 heterocycles. The summed E-state index contributed by atoms with van der Waals surface area (Å²) in [6.45, 7) is -2.60. The largest absolute Gasteiger partial charge is 0.256 e. The Morgan fingerprint density at radius 1 is 1.31 bits per heavy atom. The fraction of sp³-hybridized carbons (Fsp3) is 0.0833. The van der Waals surface area contributed by atoms with E-state index in [0.717, 1.165) is 0 Å². The predicted octanol–water partition coefficient (Wildman–Crippen LogP) is 3.06. The zero-order valence-corrected chi connectivity index (χ0v) is 6.83. The van der Waals surface area contributed by atoms with E-state index in [2.05, 4.69) is 4.98 Å². The molecule has 1 heteroatoms. The molecule has 0 aliphatic rings. The maximum atomic E-state index is 7.95. The van der Waals surface area contributed by atoms with E-state index in [9.17, 15) is 0 Å². The quantitative estimate of drug-likeness (QED) is 0.649. The predicted molar refractivity (Wildman–Crippen MR) is 54.4 cm³/mol. The second kappa shape index (κ2) is 3.40. The van der Waals surface area contributed by atoms with Crippen molar-refractivity contribution in [2.75, 3.05) is 0 Å². The number of hydrogen-bond acceptors (Lipinski definition) is 1. The molecule has 0 fully saturated rings. The highest BCUT2D eigenvalue weighted by atomic mass is 14.7. The van der Waals surface area contributed by atoms with Gasteiger partial charge in [0.05, 0.1) is 9.81 Å². The van der Waals surface area contributed by atoms with Crippen molar-refractivity contribution in [2.45, 2.75) is 6.85 Å². The first-order valence-corrected chi connectivity index (χ1v) is 3.86. The van der Waals surface area contributed by atoms with Crippen molar-refractivity contribution in [3.05, 3.63) is 54.2 Å². The van der Waals surface area contributed by atoms with Crippen LogP contribution in [-0.2, 0) is 0 Å². The summed E-state index contributed by atoms with van der Waals surface area (Å²) in [5.74, 6) is 0. The Balaban J connectivity index is 2.76. The fourth-order valence-electron chi connectivity index (χ4n) is 1.05. The molecule has 0 saturated carbocycles. The molecule has 0 amide bonds. The van der Waals surface area contributed by atoms with Gasteiger partial charge in [-0.05, 0) is 24.5 Å². The second-order valence-electron chi connectivity index (χ2n) is 2.56. The standard InChI is InChI=1S/C12H11N/c1-10-7-8-13-12(9-10)11-5-3-2-4-6-11/h2-9H,1H3/i1D3,7D,8D,9D. The summed E-state index contributed by atoms with van der Waals surface area (Å²) in [5.41, 5.74) is 0.255. The molecule has 0 N–H and O–H groups in total. The van der Waals surface area contributed by atoms with Crippen molar-refractivity contribution in [3.8, 4) is 11.3 Å². The van der Waals surface area contributed by atoms with Gasteiger partial charge in [-0.2, -0.15) is 0 Å². The number of pyridine rings is 1. The number of hydrogen-bond donors (Lipinski definition) is 0. The average molecular weight is 175 g/mol. The lowest BCUT2D eigenvalue weighted by Gasteiger charge is -2.00. The molecule has 0 aliphatic heterocycles. The Morgan fingerprint density at radius 3 is 2.92 bits per heavy atom. The summed E-state index contributed by atoms with van der Waals surface area (Å²) in [7, 11) is 0. The van der Waals surface area contributed by atoms with E-state index >= 15 is 0 Å². The van der Waals surface area contributed by atoms with E-state index in [0.29, 0.717) is 5.56 Å². The van der Waals surface area contributed by atoms with Gasteiger partial charge in [0, 0.05) is 15.8 Å². The van der Waals surface area contributed by atoms with Crippen LogP contribution in [0.1, 0.15) is 13.8 Å². The van der Waals surface area contributed by atoms with E-state index in [1.165, 1.54) is 0 Å². The number of benzene rings is 1. The Hall–Kier alpha value is -1.63. The molecule has 0 aliphatic carbocycles. The molecule has 1 nitrogen and oxygen atoms in total. The van der Waals surface area contributed by atoms with Gasteiger partial charge in [-0.25, -0.2) is 0 Å². The van der Waals surface area contributed by atoms with E-state index < -0.39 is 24.6 Å². The van der Waals surface area contributed by atoms with Crippen LogP contribution >= 0.6 is 0 Å². The highest BCUT2D eigenvalue weighted by Gasteiger charge is 1.96. The number of nitrogens with zero attached hydrogens (tertiary/aromatic N) is 1. The van der Waals surface area contributed by atoms with Gasteiger partial charge in [-0.3, -0.25) is 4.98 Å². The molecular weight excluding hydrogens is 158 g/mol. The third-order valence-corrected chi connectivity index (χ3v) is 1.64. The van der Waals surface area contributed by atoms with E-state index in [4.69, 9.17) is 8.22 Å². The highest BCUT2D eigenvalue weighted by molar-refractivity contribution is 5.59. The fourth-order valence-corrected chi connectivity index (χ4v) is 1.05. The van der Waals surface area contributed by atoms with Gasteiger partial charge in [-0.1, -0.05) is 30.3 Å². The van der Waals surface area contributed by atoms with E-state index in [1.54, 1.807) is 30.3 Å². The molecule has 0 bridgehead atoms. The Kier molecular flexibility index (Phi) is 0.947. The monoisotopic (exact) mass is 175 g/mol. The molecule has 2 aromatic rings. The molecule has 2 rings (SSSR count). The smallest absolute Gasteiger partial charge is 0.0840 e. The second-order valence-corrected chi connectivity index (χ2v) is 2.56. The lowest BCUT2D eigenvalue weighted by molar-refractivity contribution is 1.29. The van der Waals surface area contributed by atoms with Crippen LogP contribution in [-0.4, -0.2) is 4.98 Å². The number of rotatable bonds is 1. The van der Waals surface area contributed by atoms with Crippen LogP contribution in [0.2, 0.25) is 0 Å². The maximum absolute atomic E-state index is 7.95. The lowest BCUT2D eigenvalue weighted by Crippen LogP contribution is -1.82. The van der Waals surface area contributed by atoms with E-state index in [-0.39, 0.29) is 11.7 Å². The van der Waals surface area contributed by atoms with Crippen molar-refractivity contribution in [3.63, 3.8) is 0 Å². The lowest BCUT2D eigenvalue weighted by atomic mass is 10.1. The maximum Gasteiger partial charge on any atom is 0.0840 e. The molecule has 0 atom stereocenters. The number of aromatic nitrogens is 1. The van der Waals surface area contributed by atoms with Crippen LogP contribution in [0.25, 0.3) is 11.3 Å². The normalized spacial score (nSPS) is 17.5. The van der Waals surface area contributed by atoms with Crippen LogP contribution in [0, 0.1) is 6.85 Å². The minimum Gasteiger partial charge on any atom is -0.256 e. The first kappa shape index (κ1) is 3.62. The zero-order valence-electron chi connectivity index (χ0n) is 12.8. The molecular formula is C12H11N. The molecule has 1 aromatic carbocycles. The van der Waals surface area contributed by atoms with Crippen LogP contribution in [0.5, 0.6) is 0 Å². The first-order chi connectivity index (χ1) is 8.82.